The second-order valence-electron chi connectivity index (χ2n) is 5.41. The summed E-state index contributed by atoms with van der Waals surface area (Å²) >= 11 is 0. The first-order chi connectivity index (χ1) is 9.13. The Labute approximate surface area is 115 Å². The molecule has 0 unspecified atom stereocenters. The molecule has 2 atom stereocenters. The third-order valence-electron chi connectivity index (χ3n) is 4.06. The van der Waals surface area contributed by atoms with Gasteiger partial charge in [0.25, 0.3) is 5.91 Å². The minimum atomic E-state index is 0.0479. The lowest BCUT2D eigenvalue weighted by molar-refractivity contribution is 0.0563. The van der Waals surface area contributed by atoms with Crippen molar-refractivity contribution in [3.05, 3.63) is 23.8 Å². The van der Waals surface area contributed by atoms with Gasteiger partial charge in [0.15, 0.2) is 0 Å². The Hall–Kier alpha value is -1.45. The zero-order chi connectivity index (χ0) is 13.8. The molecule has 2 rings (SSSR count). The number of hydrogen-bond donors (Lipinski definition) is 0. The molecule has 0 bridgehead atoms. The number of carbonyl (C=O) groups is 1. The van der Waals surface area contributed by atoms with Gasteiger partial charge < -0.3 is 4.90 Å². The van der Waals surface area contributed by atoms with E-state index in [4.69, 9.17) is 0 Å². The van der Waals surface area contributed by atoms with Crippen LogP contribution in [0.1, 0.15) is 55.8 Å². The van der Waals surface area contributed by atoms with Crippen LogP contribution < -0.4 is 0 Å². The molecular formula is C15H23N3O. The number of aryl methyl sites for hydroxylation is 1. The number of hydrogen-bond acceptors (Lipinski definition) is 3. The molecule has 4 heteroatoms. The van der Waals surface area contributed by atoms with Crippen LogP contribution in [-0.4, -0.2) is 33.4 Å². The number of rotatable bonds is 3. The SMILES string of the molecule is CCN(C(=O)c1ccnc(C)n1)[C@@H]1CCCC[C@@H]1C. The monoisotopic (exact) mass is 261 g/mol. The van der Waals surface area contributed by atoms with Crippen molar-refractivity contribution in [1.29, 1.82) is 0 Å². The predicted molar refractivity (Wildman–Crippen MR) is 74.9 cm³/mol. The van der Waals surface area contributed by atoms with Crippen molar-refractivity contribution in [2.24, 2.45) is 5.92 Å². The normalized spacial score (nSPS) is 23.1. The van der Waals surface area contributed by atoms with Crippen molar-refractivity contribution in [3.8, 4) is 0 Å². The molecule has 4 nitrogen and oxygen atoms in total. The summed E-state index contributed by atoms with van der Waals surface area (Å²) in [6.07, 6.45) is 6.51. The van der Waals surface area contributed by atoms with Gasteiger partial charge in [0, 0.05) is 18.8 Å². The van der Waals surface area contributed by atoms with Crippen LogP contribution in [0.15, 0.2) is 12.3 Å². The van der Waals surface area contributed by atoms with E-state index in [1.165, 1.54) is 19.3 Å². The molecule has 1 aliphatic rings. The van der Waals surface area contributed by atoms with Gasteiger partial charge in [-0.15, -0.1) is 0 Å². The summed E-state index contributed by atoms with van der Waals surface area (Å²) in [5.41, 5.74) is 0.520. The van der Waals surface area contributed by atoms with Gasteiger partial charge in [-0.05, 0) is 38.7 Å². The molecule has 0 radical (unpaired) electrons. The lowest BCUT2D eigenvalue weighted by Crippen LogP contribution is -2.45. The Morgan fingerprint density at radius 3 is 2.79 bits per heavy atom. The molecule has 1 heterocycles. The van der Waals surface area contributed by atoms with E-state index in [1.807, 2.05) is 18.7 Å². The molecule has 0 aliphatic heterocycles. The fraction of sp³-hybridized carbons (Fsp3) is 0.667. The Morgan fingerprint density at radius 1 is 1.42 bits per heavy atom. The van der Waals surface area contributed by atoms with Gasteiger partial charge in [-0.25, -0.2) is 9.97 Å². The summed E-state index contributed by atoms with van der Waals surface area (Å²) < 4.78 is 0. The second-order valence-corrected chi connectivity index (χ2v) is 5.41. The second kappa shape index (κ2) is 6.13. The Balaban J connectivity index is 2.19. The van der Waals surface area contributed by atoms with Crippen LogP contribution in [0, 0.1) is 12.8 Å². The standard InChI is InChI=1S/C15H23N3O/c1-4-18(14-8-6-5-7-11(14)2)15(19)13-9-10-16-12(3)17-13/h9-11,14H,4-8H2,1-3H3/t11-,14+/m0/s1. The van der Waals surface area contributed by atoms with E-state index in [-0.39, 0.29) is 5.91 Å². The van der Waals surface area contributed by atoms with Gasteiger partial charge in [0.2, 0.25) is 0 Å². The zero-order valence-electron chi connectivity index (χ0n) is 12.1. The third kappa shape index (κ3) is 3.11. The van der Waals surface area contributed by atoms with Gasteiger partial charge in [-0.2, -0.15) is 0 Å². The van der Waals surface area contributed by atoms with Crippen LogP contribution in [0.25, 0.3) is 0 Å². The molecule has 104 valence electrons. The molecule has 19 heavy (non-hydrogen) atoms. The minimum absolute atomic E-state index is 0.0479. The molecule has 0 N–H and O–H groups in total. The van der Waals surface area contributed by atoms with Crippen molar-refractivity contribution >= 4 is 5.91 Å². The Kier molecular flexibility index (Phi) is 4.51. The average Bonchev–Trinajstić information content (AvgIpc) is 2.41. The van der Waals surface area contributed by atoms with Gasteiger partial charge in [0.05, 0.1) is 0 Å². The van der Waals surface area contributed by atoms with E-state index < -0.39 is 0 Å². The van der Waals surface area contributed by atoms with E-state index in [1.54, 1.807) is 12.3 Å². The van der Waals surface area contributed by atoms with Crippen molar-refractivity contribution in [2.75, 3.05) is 6.54 Å². The molecule has 0 aromatic carbocycles. The molecule has 1 aliphatic carbocycles. The minimum Gasteiger partial charge on any atom is -0.334 e. The van der Waals surface area contributed by atoms with E-state index in [0.717, 1.165) is 13.0 Å². The highest BCUT2D eigenvalue weighted by molar-refractivity contribution is 5.92. The summed E-state index contributed by atoms with van der Waals surface area (Å²) in [6, 6.07) is 2.08. The molecular weight excluding hydrogens is 238 g/mol. The molecule has 1 aromatic heterocycles. The number of carbonyl (C=O) groups excluding carboxylic acids is 1. The van der Waals surface area contributed by atoms with Crippen molar-refractivity contribution in [3.63, 3.8) is 0 Å². The van der Waals surface area contributed by atoms with Crippen LogP contribution >= 0.6 is 0 Å². The fourth-order valence-corrected chi connectivity index (χ4v) is 3.01. The first kappa shape index (κ1) is 14.0. The highest BCUT2D eigenvalue weighted by Crippen LogP contribution is 2.28. The summed E-state index contributed by atoms with van der Waals surface area (Å²) in [6.45, 7) is 6.87. The summed E-state index contributed by atoms with van der Waals surface area (Å²) in [7, 11) is 0. The van der Waals surface area contributed by atoms with Crippen LogP contribution in [0.4, 0.5) is 0 Å². The zero-order valence-corrected chi connectivity index (χ0v) is 12.1. The maximum absolute atomic E-state index is 12.6. The average molecular weight is 261 g/mol. The summed E-state index contributed by atoms with van der Waals surface area (Å²) in [5, 5.41) is 0. The molecule has 1 saturated carbocycles. The Morgan fingerprint density at radius 2 is 2.16 bits per heavy atom. The van der Waals surface area contributed by atoms with E-state index in [2.05, 4.69) is 16.9 Å². The van der Waals surface area contributed by atoms with Gasteiger partial charge in [-0.1, -0.05) is 19.8 Å². The van der Waals surface area contributed by atoms with Crippen LogP contribution in [0.2, 0.25) is 0 Å². The van der Waals surface area contributed by atoms with Gasteiger partial charge in [0.1, 0.15) is 11.5 Å². The number of aromatic nitrogens is 2. The molecule has 1 aromatic rings. The maximum Gasteiger partial charge on any atom is 0.272 e. The van der Waals surface area contributed by atoms with E-state index in [9.17, 15) is 4.79 Å². The highest BCUT2D eigenvalue weighted by atomic mass is 16.2. The number of amides is 1. The van der Waals surface area contributed by atoms with E-state index in [0.29, 0.717) is 23.5 Å². The Bertz CT molecular complexity index is 447. The summed E-state index contributed by atoms with van der Waals surface area (Å²) in [4.78, 5) is 22.9. The first-order valence-electron chi connectivity index (χ1n) is 7.24. The van der Waals surface area contributed by atoms with Crippen LogP contribution in [0.5, 0.6) is 0 Å². The van der Waals surface area contributed by atoms with Crippen molar-refractivity contribution < 1.29 is 4.79 Å². The summed E-state index contributed by atoms with van der Waals surface area (Å²) in [5.74, 6) is 1.28. The van der Waals surface area contributed by atoms with Crippen molar-refractivity contribution in [2.45, 2.75) is 52.5 Å². The van der Waals surface area contributed by atoms with Crippen molar-refractivity contribution in [1.82, 2.24) is 14.9 Å². The lowest BCUT2D eigenvalue weighted by atomic mass is 9.84. The maximum atomic E-state index is 12.6. The van der Waals surface area contributed by atoms with Crippen LogP contribution in [-0.2, 0) is 0 Å². The first-order valence-corrected chi connectivity index (χ1v) is 7.24. The van der Waals surface area contributed by atoms with Gasteiger partial charge in [-0.3, -0.25) is 4.79 Å². The van der Waals surface area contributed by atoms with E-state index >= 15 is 0 Å². The fourth-order valence-electron chi connectivity index (χ4n) is 3.01. The molecule has 0 spiro atoms. The number of nitrogens with zero attached hydrogens (tertiary/aromatic N) is 3. The smallest absolute Gasteiger partial charge is 0.272 e. The third-order valence-corrected chi connectivity index (χ3v) is 4.06. The predicted octanol–water partition coefficient (Wildman–Crippen LogP) is 2.83. The molecule has 0 saturated heterocycles. The highest BCUT2D eigenvalue weighted by Gasteiger charge is 2.30. The largest absolute Gasteiger partial charge is 0.334 e. The molecule has 1 fully saturated rings. The van der Waals surface area contributed by atoms with Crippen LogP contribution in [0.3, 0.4) is 0 Å². The lowest BCUT2D eigenvalue weighted by Gasteiger charge is -2.38. The quantitative estimate of drug-likeness (QED) is 0.840. The molecule has 1 amide bonds. The topological polar surface area (TPSA) is 46.1 Å². The van der Waals surface area contributed by atoms with Gasteiger partial charge >= 0.3 is 0 Å².